The second kappa shape index (κ2) is 6.20. The molecule has 1 saturated heterocycles. The standard InChI is InChI=1S/C14H26N2O3/c1-2-8-19-12-4-3-7-16(10-12)11-5-6-14(15,9-11)13(17)18/h11-12H,2-10,15H2,1H3,(H,17,18). The van der Waals surface area contributed by atoms with Gasteiger partial charge in [-0.25, -0.2) is 0 Å². The summed E-state index contributed by atoms with van der Waals surface area (Å²) in [6.07, 6.45) is 5.66. The number of hydrogen-bond donors (Lipinski definition) is 2. The number of carboxylic acids is 1. The van der Waals surface area contributed by atoms with Gasteiger partial charge in [-0.1, -0.05) is 6.92 Å². The monoisotopic (exact) mass is 270 g/mol. The quantitative estimate of drug-likeness (QED) is 0.785. The molecule has 3 unspecified atom stereocenters. The molecular weight excluding hydrogens is 244 g/mol. The highest BCUT2D eigenvalue weighted by molar-refractivity contribution is 5.79. The van der Waals surface area contributed by atoms with Crippen molar-refractivity contribution in [2.75, 3.05) is 19.7 Å². The van der Waals surface area contributed by atoms with Crippen LogP contribution in [0.1, 0.15) is 45.4 Å². The molecule has 0 aromatic rings. The van der Waals surface area contributed by atoms with E-state index in [0.29, 0.717) is 25.0 Å². The van der Waals surface area contributed by atoms with Gasteiger partial charge in [-0.15, -0.1) is 0 Å². The predicted octanol–water partition coefficient (Wildman–Crippen LogP) is 1.21. The van der Waals surface area contributed by atoms with Crippen LogP contribution in [0.4, 0.5) is 0 Å². The molecule has 2 fully saturated rings. The van der Waals surface area contributed by atoms with Crippen molar-refractivity contribution in [3.05, 3.63) is 0 Å². The van der Waals surface area contributed by atoms with E-state index in [1.165, 1.54) is 0 Å². The van der Waals surface area contributed by atoms with E-state index in [0.717, 1.165) is 45.4 Å². The van der Waals surface area contributed by atoms with Crippen LogP contribution in [0.5, 0.6) is 0 Å². The molecule has 0 aromatic carbocycles. The van der Waals surface area contributed by atoms with Gasteiger partial charge in [0.25, 0.3) is 0 Å². The Kier molecular flexibility index (Phi) is 4.81. The molecule has 2 aliphatic rings. The summed E-state index contributed by atoms with van der Waals surface area (Å²) in [6.45, 7) is 4.92. The first-order chi connectivity index (χ1) is 9.05. The van der Waals surface area contributed by atoms with Crippen molar-refractivity contribution in [2.24, 2.45) is 5.73 Å². The van der Waals surface area contributed by atoms with Crippen LogP contribution in [0.15, 0.2) is 0 Å². The largest absolute Gasteiger partial charge is 0.480 e. The molecule has 0 radical (unpaired) electrons. The van der Waals surface area contributed by atoms with E-state index < -0.39 is 11.5 Å². The summed E-state index contributed by atoms with van der Waals surface area (Å²) in [5.74, 6) is -0.856. The number of likely N-dealkylation sites (tertiary alicyclic amines) is 1. The lowest BCUT2D eigenvalue weighted by atomic mass is 9.98. The molecule has 0 amide bonds. The summed E-state index contributed by atoms with van der Waals surface area (Å²) in [6, 6.07) is 0.314. The van der Waals surface area contributed by atoms with E-state index in [9.17, 15) is 9.90 Å². The number of nitrogens with zero attached hydrogens (tertiary/aromatic N) is 1. The van der Waals surface area contributed by atoms with Crippen LogP contribution < -0.4 is 5.73 Å². The molecule has 1 aliphatic carbocycles. The van der Waals surface area contributed by atoms with Crippen LogP contribution in [-0.4, -0.2) is 53.4 Å². The topological polar surface area (TPSA) is 75.8 Å². The number of carboxylic acid groups (broad SMARTS) is 1. The average molecular weight is 270 g/mol. The number of piperidine rings is 1. The van der Waals surface area contributed by atoms with E-state index in [1.807, 2.05) is 0 Å². The SMILES string of the molecule is CCCOC1CCCN(C2CCC(N)(C(=O)O)C2)C1. The van der Waals surface area contributed by atoms with Gasteiger partial charge in [0, 0.05) is 19.2 Å². The third-order valence-electron chi connectivity index (χ3n) is 4.43. The van der Waals surface area contributed by atoms with Gasteiger partial charge in [0.2, 0.25) is 0 Å². The van der Waals surface area contributed by atoms with Crippen molar-refractivity contribution in [3.8, 4) is 0 Å². The zero-order valence-electron chi connectivity index (χ0n) is 11.8. The molecule has 110 valence electrons. The van der Waals surface area contributed by atoms with Crippen LogP contribution in [0.25, 0.3) is 0 Å². The van der Waals surface area contributed by atoms with Gasteiger partial charge in [-0.3, -0.25) is 9.69 Å². The summed E-state index contributed by atoms with van der Waals surface area (Å²) >= 11 is 0. The summed E-state index contributed by atoms with van der Waals surface area (Å²) in [5, 5.41) is 9.19. The first kappa shape index (κ1) is 14.8. The average Bonchev–Trinajstić information content (AvgIpc) is 2.81. The minimum atomic E-state index is -1.01. The first-order valence-electron chi connectivity index (χ1n) is 7.43. The molecule has 3 atom stereocenters. The highest BCUT2D eigenvalue weighted by atomic mass is 16.5. The molecule has 5 nitrogen and oxygen atoms in total. The highest BCUT2D eigenvalue weighted by Gasteiger charge is 2.44. The smallest absolute Gasteiger partial charge is 0.323 e. The van der Waals surface area contributed by atoms with Gasteiger partial charge in [-0.05, 0) is 45.1 Å². The van der Waals surface area contributed by atoms with Crippen molar-refractivity contribution in [1.82, 2.24) is 4.90 Å². The number of aliphatic carboxylic acids is 1. The molecular formula is C14H26N2O3. The van der Waals surface area contributed by atoms with Gasteiger partial charge in [0.1, 0.15) is 5.54 Å². The third kappa shape index (κ3) is 3.46. The van der Waals surface area contributed by atoms with Crippen LogP contribution in [-0.2, 0) is 9.53 Å². The first-order valence-corrected chi connectivity index (χ1v) is 7.43. The third-order valence-corrected chi connectivity index (χ3v) is 4.43. The maximum absolute atomic E-state index is 11.2. The van der Waals surface area contributed by atoms with E-state index in [2.05, 4.69) is 11.8 Å². The normalized spacial score (nSPS) is 36.5. The fraction of sp³-hybridized carbons (Fsp3) is 0.929. The lowest BCUT2D eigenvalue weighted by Gasteiger charge is -2.37. The minimum Gasteiger partial charge on any atom is -0.480 e. The molecule has 3 N–H and O–H groups in total. The Hall–Kier alpha value is -0.650. The zero-order chi connectivity index (χ0) is 13.9. The zero-order valence-corrected chi connectivity index (χ0v) is 11.8. The molecule has 0 aromatic heterocycles. The molecule has 1 saturated carbocycles. The van der Waals surface area contributed by atoms with Gasteiger partial charge in [-0.2, -0.15) is 0 Å². The Bertz CT molecular complexity index is 324. The Labute approximate surface area is 115 Å². The minimum absolute atomic E-state index is 0.311. The van der Waals surface area contributed by atoms with Gasteiger partial charge in [0.15, 0.2) is 0 Å². The van der Waals surface area contributed by atoms with E-state index in [4.69, 9.17) is 10.5 Å². The molecule has 1 aliphatic heterocycles. The number of ether oxygens (including phenoxy) is 1. The molecule has 19 heavy (non-hydrogen) atoms. The van der Waals surface area contributed by atoms with Crippen molar-refractivity contribution in [3.63, 3.8) is 0 Å². The van der Waals surface area contributed by atoms with Crippen molar-refractivity contribution in [1.29, 1.82) is 0 Å². The Morgan fingerprint density at radius 2 is 2.32 bits per heavy atom. The molecule has 5 heteroatoms. The number of hydrogen-bond acceptors (Lipinski definition) is 4. The summed E-state index contributed by atoms with van der Waals surface area (Å²) in [5.41, 5.74) is 4.94. The second-order valence-electron chi connectivity index (χ2n) is 5.99. The molecule has 0 bridgehead atoms. The Morgan fingerprint density at radius 1 is 1.53 bits per heavy atom. The fourth-order valence-electron chi connectivity index (χ4n) is 3.27. The predicted molar refractivity (Wildman–Crippen MR) is 73.0 cm³/mol. The van der Waals surface area contributed by atoms with E-state index in [1.54, 1.807) is 0 Å². The lowest BCUT2D eigenvalue weighted by molar-refractivity contribution is -0.143. The molecule has 0 spiro atoms. The number of nitrogens with two attached hydrogens (primary N) is 1. The van der Waals surface area contributed by atoms with Gasteiger partial charge < -0.3 is 15.6 Å². The Balaban J connectivity index is 1.87. The Morgan fingerprint density at radius 3 is 2.95 bits per heavy atom. The highest BCUT2D eigenvalue weighted by Crippen LogP contribution is 2.33. The van der Waals surface area contributed by atoms with E-state index >= 15 is 0 Å². The summed E-state index contributed by atoms with van der Waals surface area (Å²) in [4.78, 5) is 13.6. The molecule has 1 heterocycles. The van der Waals surface area contributed by atoms with Crippen LogP contribution in [0.2, 0.25) is 0 Å². The fourth-order valence-corrected chi connectivity index (χ4v) is 3.27. The van der Waals surface area contributed by atoms with Gasteiger partial charge in [0.05, 0.1) is 6.10 Å². The van der Waals surface area contributed by atoms with Crippen LogP contribution >= 0.6 is 0 Å². The summed E-state index contributed by atoms with van der Waals surface area (Å²) < 4.78 is 5.83. The van der Waals surface area contributed by atoms with Crippen LogP contribution in [0.3, 0.4) is 0 Å². The second-order valence-corrected chi connectivity index (χ2v) is 5.99. The van der Waals surface area contributed by atoms with Crippen molar-refractivity contribution < 1.29 is 14.6 Å². The van der Waals surface area contributed by atoms with E-state index in [-0.39, 0.29) is 0 Å². The maximum Gasteiger partial charge on any atom is 0.323 e. The summed E-state index contributed by atoms with van der Waals surface area (Å²) in [7, 11) is 0. The van der Waals surface area contributed by atoms with Crippen LogP contribution in [0, 0.1) is 0 Å². The maximum atomic E-state index is 11.2. The molecule has 2 rings (SSSR count). The van der Waals surface area contributed by atoms with Gasteiger partial charge >= 0.3 is 5.97 Å². The number of rotatable bonds is 5. The lowest BCUT2D eigenvalue weighted by Crippen LogP contribution is -2.49. The van der Waals surface area contributed by atoms with Crippen molar-refractivity contribution in [2.45, 2.75) is 63.1 Å². The van der Waals surface area contributed by atoms with Crippen molar-refractivity contribution >= 4 is 5.97 Å². The number of carbonyl (C=O) groups is 1.